The Hall–Kier alpha value is -1.21. The third-order valence-corrected chi connectivity index (χ3v) is 3.47. The highest BCUT2D eigenvalue weighted by molar-refractivity contribution is 9.10. The Balaban J connectivity index is 2.67. The molecule has 1 aromatic carbocycles. The molecule has 0 heterocycles. The number of halogens is 1. The number of thioether (sulfide) groups is 1. The Morgan fingerprint density at radius 2 is 2.21 bits per heavy atom. The van der Waals surface area contributed by atoms with Crippen LogP contribution in [0.2, 0.25) is 0 Å². The van der Waals surface area contributed by atoms with E-state index in [0.717, 1.165) is 10.2 Å². The van der Waals surface area contributed by atoms with Crippen LogP contribution in [0.25, 0.3) is 0 Å². The smallest absolute Gasteiger partial charge is 0.312 e. The Bertz CT molecular complexity index is 456. The molecule has 0 aliphatic heterocycles. The van der Waals surface area contributed by atoms with Crippen molar-refractivity contribution in [3.05, 3.63) is 28.7 Å². The largest absolute Gasteiger partial charge is 0.352 e. The highest BCUT2D eigenvalue weighted by Crippen LogP contribution is 2.16. The van der Waals surface area contributed by atoms with Crippen LogP contribution in [0, 0.1) is 0 Å². The number of hydrogen-bond donors (Lipinski definition) is 3. The summed E-state index contributed by atoms with van der Waals surface area (Å²) in [6.45, 7) is 0. The van der Waals surface area contributed by atoms with Gasteiger partial charge in [-0.3, -0.25) is 4.79 Å². The van der Waals surface area contributed by atoms with Gasteiger partial charge in [-0.25, -0.2) is 4.79 Å². The van der Waals surface area contributed by atoms with Crippen LogP contribution in [0.4, 0.5) is 10.5 Å². The molecule has 0 unspecified atom stereocenters. The van der Waals surface area contributed by atoms with Crippen LogP contribution in [0.1, 0.15) is 6.42 Å². The van der Waals surface area contributed by atoms with Crippen molar-refractivity contribution in [2.75, 3.05) is 17.3 Å². The van der Waals surface area contributed by atoms with Gasteiger partial charge in [-0.2, -0.15) is 11.8 Å². The zero-order chi connectivity index (χ0) is 14.3. The van der Waals surface area contributed by atoms with Crippen LogP contribution in [0.5, 0.6) is 0 Å². The first-order valence-electron chi connectivity index (χ1n) is 5.64. The van der Waals surface area contributed by atoms with E-state index in [2.05, 4.69) is 26.6 Å². The van der Waals surface area contributed by atoms with Crippen molar-refractivity contribution in [2.24, 2.45) is 5.73 Å². The quantitative estimate of drug-likeness (QED) is 0.738. The van der Waals surface area contributed by atoms with Crippen molar-refractivity contribution in [3.8, 4) is 0 Å². The number of urea groups is 1. The molecule has 0 bridgehead atoms. The Morgan fingerprint density at radius 3 is 2.79 bits per heavy atom. The topological polar surface area (TPSA) is 84.2 Å². The van der Waals surface area contributed by atoms with E-state index in [1.165, 1.54) is 0 Å². The Morgan fingerprint density at radius 1 is 1.47 bits per heavy atom. The molecule has 19 heavy (non-hydrogen) atoms. The van der Waals surface area contributed by atoms with Gasteiger partial charge in [-0.1, -0.05) is 22.0 Å². The molecule has 1 rings (SSSR count). The second-order valence-electron chi connectivity index (χ2n) is 3.84. The van der Waals surface area contributed by atoms with Gasteiger partial charge < -0.3 is 16.4 Å². The molecule has 3 amide bonds. The van der Waals surface area contributed by atoms with Gasteiger partial charge in [0.2, 0.25) is 5.91 Å². The molecule has 0 saturated carbocycles. The number of carbonyl (C=O) groups excluding carboxylic acids is 2. The molecule has 7 heteroatoms. The second kappa shape index (κ2) is 8.06. The summed E-state index contributed by atoms with van der Waals surface area (Å²) in [6, 6.07) is 5.92. The van der Waals surface area contributed by atoms with Crippen molar-refractivity contribution in [1.29, 1.82) is 0 Å². The maximum atomic E-state index is 12.1. The standard InChI is InChI=1S/C12H16BrN3O2S/c1-19-6-5-10(16-12(14)18)11(17)15-9-4-2-3-8(13)7-9/h2-4,7,10H,5-6H2,1H3,(H,15,17)(H3,14,16,18)/t10-/m0/s1. The predicted molar refractivity (Wildman–Crippen MR) is 82.3 cm³/mol. The Kier molecular flexibility index (Phi) is 6.72. The van der Waals surface area contributed by atoms with Gasteiger partial charge in [0, 0.05) is 10.2 Å². The van der Waals surface area contributed by atoms with Gasteiger partial charge in [0.05, 0.1) is 0 Å². The number of nitrogens with two attached hydrogens (primary N) is 1. The molecule has 0 radical (unpaired) electrons. The average molecular weight is 346 g/mol. The maximum absolute atomic E-state index is 12.1. The lowest BCUT2D eigenvalue weighted by Crippen LogP contribution is -2.46. The molecule has 1 atom stereocenters. The highest BCUT2D eigenvalue weighted by atomic mass is 79.9. The molecule has 5 nitrogen and oxygen atoms in total. The predicted octanol–water partition coefficient (Wildman–Crippen LogP) is 2.18. The summed E-state index contributed by atoms with van der Waals surface area (Å²) in [6.07, 6.45) is 2.47. The minimum Gasteiger partial charge on any atom is -0.352 e. The van der Waals surface area contributed by atoms with Crippen LogP contribution in [0.3, 0.4) is 0 Å². The number of rotatable bonds is 6. The summed E-state index contributed by atoms with van der Waals surface area (Å²) in [5.74, 6) is 0.488. The van der Waals surface area contributed by atoms with E-state index in [9.17, 15) is 9.59 Å². The molecule has 4 N–H and O–H groups in total. The van der Waals surface area contributed by atoms with E-state index in [-0.39, 0.29) is 5.91 Å². The number of primary amides is 1. The maximum Gasteiger partial charge on any atom is 0.312 e. The molecule has 1 aromatic rings. The van der Waals surface area contributed by atoms with E-state index >= 15 is 0 Å². The monoisotopic (exact) mass is 345 g/mol. The summed E-state index contributed by atoms with van der Waals surface area (Å²) >= 11 is 4.93. The van der Waals surface area contributed by atoms with E-state index in [4.69, 9.17) is 5.73 Å². The number of nitrogens with one attached hydrogen (secondary N) is 2. The first kappa shape index (κ1) is 15.8. The molecular formula is C12H16BrN3O2S. The molecule has 0 aromatic heterocycles. The normalized spacial score (nSPS) is 11.7. The van der Waals surface area contributed by atoms with E-state index < -0.39 is 12.1 Å². The average Bonchev–Trinajstić information content (AvgIpc) is 2.34. The van der Waals surface area contributed by atoms with Crippen molar-refractivity contribution in [1.82, 2.24) is 5.32 Å². The molecule has 0 aliphatic rings. The fourth-order valence-corrected chi connectivity index (χ4v) is 2.34. The minimum atomic E-state index is -0.699. The van der Waals surface area contributed by atoms with Crippen molar-refractivity contribution in [3.63, 3.8) is 0 Å². The van der Waals surface area contributed by atoms with Crippen LogP contribution in [0.15, 0.2) is 28.7 Å². The molecule has 0 fully saturated rings. The molecule has 104 valence electrons. The summed E-state index contributed by atoms with van der Waals surface area (Å²) in [5.41, 5.74) is 5.74. The third kappa shape index (κ3) is 5.98. The van der Waals surface area contributed by atoms with Crippen LogP contribution >= 0.6 is 27.7 Å². The van der Waals surface area contributed by atoms with Crippen LogP contribution in [-0.4, -0.2) is 30.0 Å². The van der Waals surface area contributed by atoms with Gasteiger partial charge >= 0.3 is 6.03 Å². The minimum absolute atomic E-state index is 0.272. The third-order valence-electron chi connectivity index (χ3n) is 2.34. The summed E-state index contributed by atoms with van der Waals surface area (Å²) < 4.78 is 0.869. The van der Waals surface area contributed by atoms with Crippen molar-refractivity contribution < 1.29 is 9.59 Å². The molecule has 0 aliphatic carbocycles. The zero-order valence-electron chi connectivity index (χ0n) is 10.5. The second-order valence-corrected chi connectivity index (χ2v) is 5.74. The lowest BCUT2D eigenvalue weighted by molar-refractivity contribution is -0.117. The van der Waals surface area contributed by atoms with Gasteiger partial charge in [0.25, 0.3) is 0 Å². The lowest BCUT2D eigenvalue weighted by Gasteiger charge is -2.16. The number of hydrogen-bond acceptors (Lipinski definition) is 3. The zero-order valence-corrected chi connectivity index (χ0v) is 12.9. The number of amides is 3. The van der Waals surface area contributed by atoms with Gasteiger partial charge in [-0.05, 0) is 36.6 Å². The fourth-order valence-electron chi connectivity index (χ4n) is 1.47. The first-order valence-corrected chi connectivity index (χ1v) is 7.83. The number of anilines is 1. The number of benzene rings is 1. The SMILES string of the molecule is CSCC[C@H](NC(N)=O)C(=O)Nc1cccc(Br)c1. The molecular weight excluding hydrogens is 330 g/mol. The fraction of sp³-hybridized carbons (Fsp3) is 0.333. The summed E-state index contributed by atoms with van der Waals surface area (Å²) in [7, 11) is 0. The van der Waals surface area contributed by atoms with Gasteiger partial charge in [0.1, 0.15) is 6.04 Å². The van der Waals surface area contributed by atoms with Gasteiger partial charge in [-0.15, -0.1) is 0 Å². The van der Waals surface area contributed by atoms with E-state index in [1.54, 1.807) is 23.9 Å². The van der Waals surface area contributed by atoms with Crippen LogP contribution < -0.4 is 16.4 Å². The highest BCUT2D eigenvalue weighted by Gasteiger charge is 2.19. The van der Waals surface area contributed by atoms with E-state index in [1.807, 2.05) is 18.4 Å². The summed E-state index contributed by atoms with van der Waals surface area (Å²) in [5, 5.41) is 5.20. The first-order chi connectivity index (χ1) is 9.02. The van der Waals surface area contributed by atoms with Gasteiger partial charge in [0.15, 0.2) is 0 Å². The Labute approximate surface area is 124 Å². The van der Waals surface area contributed by atoms with Crippen molar-refractivity contribution in [2.45, 2.75) is 12.5 Å². The van der Waals surface area contributed by atoms with Crippen molar-refractivity contribution >= 4 is 45.3 Å². The summed E-state index contributed by atoms with van der Waals surface area (Å²) in [4.78, 5) is 23.0. The van der Waals surface area contributed by atoms with E-state index in [0.29, 0.717) is 12.1 Å². The molecule has 0 saturated heterocycles. The lowest BCUT2D eigenvalue weighted by atomic mass is 10.2. The number of carbonyl (C=O) groups is 2. The van der Waals surface area contributed by atoms with Crippen LogP contribution in [-0.2, 0) is 4.79 Å². The molecule has 0 spiro atoms.